The van der Waals surface area contributed by atoms with E-state index in [9.17, 15) is 0 Å². The second kappa shape index (κ2) is 6.24. The molecule has 0 aromatic carbocycles. The summed E-state index contributed by atoms with van der Waals surface area (Å²) >= 11 is 2.02. The molecule has 1 aliphatic rings. The lowest BCUT2D eigenvalue weighted by atomic mass is 10.3. The number of nitrogens with two attached hydrogens (primary N) is 1. The standard InChI is InChI=1S/C12H21N5S/c1-3-4-10-14-11(16-13)7-12(15-10)17-5-6-18-9(2)8-17/h7,9H,3-6,8,13H2,1-2H3,(H,14,15,16). The Morgan fingerprint density at radius 2 is 2.39 bits per heavy atom. The van der Waals surface area contributed by atoms with E-state index in [2.05, 4.69) is 34.1 Å². The van der Waals surface area contributed by atoms with E-state index < -0.39 is 0 Å². The Hall–Kier alpha value is -1.01. The third-order valence-corrected chi connectivity index (χ3v) is 4.08. The molecule has 2 rings (SSSR count). The molecule has 0 bridgehead atoms. The van der Waals surface area contributed by atoms with Gasteiger partial charge in [-0.15, -0.1) is 0 Å². The molecule has 1 aromatic heterocycles. The second-order valence-electron chi connectivity index (χ2n) is 4.55. The monoisotopic (exact) mass is 267 g/mol. The summed E-state index contributed by atoms with van der Waals surface area (Å²) < 4.78 is 0. The van der Waals surface area contributed by atoms with Gasteiger partial charge in [-0.25, -0.2) is 15.8 Å². The highest BCUT2D eigenvalue weighted by Gasteiger charge is 2.19. The van der Waals surface area contributed by atoms with E-state index in [0.717, 1.165) is 43.3 Å². The molecule has 2 heterocycles. The van der Waals surface area contributed by atoms with Crippen LogP contribution in [0.2, 0.25) is 0 Å². The van der Waals surface area contributed by atoms with Crippen molar-refractivity contribution in [2.75, 3.05) is 29.2 Å². The highest BCUT2D eigenvalue weighted by atomic mass is 32.2. The lowest BCUT2D eigenvalue weighted by molar-refractivity contribution is 0.753. The molecule has 1 fully saturated rings. The molecule has 1 aromatic rings. The molecule has 18 heavy (non-hydrogen) atoms. The van der Waals surface area contributed by atoms with Crippen molar-refractivity contribution in [2.45, 2.75) is 31.9 Å². The summed E-state index contributed by atoms with van der Waals surface area (Å²) in [7, 11) is 0. The number of nitrogens with one attached hydrogen (secondary N) is 1. The number of nitrogens with zero attached hydrogens (tertiary/aromatic N) is 3. The molecule has 3 N–H and O–H groups in total. The first-order valence-electron chi connectivity index (χ1n) is 6.44. The van der Waals surface area contributed by atoms with Crippen molar-refractivity contribution in [3.63, 3.8) is 0 Å². The number of hydrogen-bond donors (Lipinski definition) is 2. The van der Waals surface area contributed by atoms with Gasteiger partial charge in [0.25, 0.3) is 0 Å². The molecule has 0 aliphatic carbocycles. The molecule has 0 saturated carbocycles. The van der Waals surface area contributed by atoms with E-state index in [4.69, 9.17) is 5.84 Å². The molecule has 0 spiro atoms. The fourth-order valence-electron chi connectivity index (χ4n) is 2.08. The van der Waals surface area contributed by atoms with Crippen LogP contribution in [0.3, 0.4) is 0 Å². The van der Waals surface area contributed by atoms with Crippen LogP contribution >= 0.6 is 11.8 Å². The van der Waals surface area contributed by atoms with Crippen LogP contribution in [0.25, 0.3) is 0 Å². The Labute approximate surface area is 113 Å². The van der Waals surface area contributed by atoms with Crippen LogP contribution < -0.4 is 16.2 Å². The number of rotatable bonds is 4. The number of anilines is 2. The van der Waals surface area contributed by atoms with Gasteiger partial charge in [0.1, 0.15) is 17.5 Å². The topological polar surface area (TPSA) is 67.1 Å². The van der Waals surface area contributed by atoms with Gasteiger partial charge in [0, 0.05) is 36.6 Å². The second-order valence-corrected chi connectivity index (χ2v) is 6.10. The average Bonchev–Trinajstić information content (AvgIpc) is 2.39. The van der Waals surface area contributed by atoms with Gasteiger partial charge in [0.15, 0.2) is 0 Å². The summed E-state index contributed by atoms with van der Waals surface area (Å²) in [5.41, 5.74) is 2.63. The first-order chi connectivity index (χ1) is 8.72. The predicted molar refractivity (Wildman–Crippen MR) is 78.0 cm³/mol. The van der Waals surface area contributed by atoms with Gasteiger partial charge in [0.2, 0.25) is 0 Å². The smallest absolute Gasteiger partial charge is 0.145 e. The van der Waals surface area contributed by atoms with Gasteiger partial charge in [-0.1, -0.05) is 13.8 Å². The minimum Gasteiger partial charge on any atom is -0.355 e. The van der Waals surface area contributed by atoms with Crippen molar-refractivity contribution < 1.29 is 0 Å². The number of hydrogen-bond acceptors (Lipinski definition) is 6. The van der Waals surface area contributed by atoms with Crippen LogP contribution in [0.5, 0.6) is 0 Å². The maximum absolute atomic E-state index is 5.48. The van der Waals surface area contributed by atoms with Gasteiger partial charge < -0.3 is 10.3 Å². The quantitative estimate of drug-likeness (QED) is 0.639. The summed E-state index contributed by atoms with van der Waals surface area (Å²) in [4.78, 5) is 11.3. The van der Waals surface area contributed by atoms with Crippen LogP contribution in [0.1, 0.15) is 26.1 Å². The Kier molecular flexibility index (Phi) is 4.66. The first-order valence-corrected chi connectivity index (χ1v) is 7.49. The molecule has 0 radical (unpaired) electrons. The largest absolute Gasteiger partial charge is 0.355 e. The minimum absolute atomic E-state index is 0.651. The lowest BCUT2D eigenvalue weighted by Crippen LogP contribution is -2.37. The van der Waals surface area contributed by atoms with E-state index in [1.54, 1.807) is 0 Å². The first kappa shape index (κ1) is 13.4. The molecule has 5 nitrogen and oxygen atoms in total. The number of aryl methyl sites for hydroxylation is 1. The zero-order valence-electron chi connectivity index (χ0n) is 11.0. The number of nitrogen functional groups attached to an aromatic ring is 1. The minimum atomic E-state index is 0.651. The van der Waals surface area contributed by atoms with Crippen LogP contribution in [-0.4, -0.2) is 34.1 Å². The van der Waals surface area contributed by atoms with Crippen molar-refractivity contribution in [2.24, 2.45) is 5.84 Å². The van der Waals surface area contributed by atoms with Crippen LogP contribution in [-0.2, 0) is 6.42 Å². The Morgan fingerprint density at radius 1 is 1.56 bits per heavy atom. The molecular weight excluding hydrogens is 246 g/mol. The highest BCUT2D eigenvalue weighted by Crippen LogP contribution is 2.23. The summed E-state index contributed by atoms with van der Waals surface area (Å²) in [5, 5.41) is 0.651. The van der Waals surface area contributed by atoms with Gasteiger partial charge in [-0.05, 0) is 6.42 Å². The summed E-state index contributed by atoms with van der Waals surface area (Å²) in [6.45, 7) is 6.47. The lowest BCUT2D eigenvalue weighted by Gasteiger charge is -2.31. The van der Waals surface area contributed by atoms with Crippen LogP contribution in [0.15, 0.2) is 6.07 Å². The summed E-state index contributed by atoms with van der Waals surface area (Å²) in [5.74, 6) is 9.20. The molecule has 0 amide bonds. The van der Waals surface area contributed by atoms with E-state index in [0.29, 0.717) is 11.1 Å². The molecule has 1 aliphatic heterocycles. The van der Waals surface area contributed by atoms with Crippen LogP contribution in [0.4, 0.5) is 11.6 Å². The zero-order chi connectivity index (χ0) is 13.0. The fraction of sp³-hybridized carbons (Fsp3) is 0.667. The number of thioether (sulfide) groups is 1. The fourth-order valence-corrected chi connectivity index (χ4v) is 3.09. The molecular formula is C12H21N5S. The van der Waals surface area contributed by atoms with E-state index in [-0.39, 0.29) is 0 Å². The van der Waals surface area contributed by atoms with Gasteiger partial charge in [-0.3, -0.25) is 0 Å². The van der Waals surface area contributed by atoms with Crippen molar-refractivity contribution in [1.82, 2.24) is 9.97 Å². The third kappa shape index (κ3) is 3.26. The Balaban J connectivity index is 2.22. The van der Waals surface area contributed by atoms with Crippen molar-refractivity contribution in [3.05, 3.63) is 11.9 Å². The molecule has 1 unspecified atom stereocenters. The maximum atomic E-state index is 5.48. The number of aromatic nitrogens is 2. The van der Waals surface area contributed by atoms with Crippen molar-refractivity contribution >= 4 is 23.4 Å². The highest BCUT2D eigenvalue weighted by molar-refractivity contribution is 8.00. The predicted octanol–water partition coefficient (Wildman–Crippen LogP) is 1.66. The third-order valence-electron chi connectivity index (χ3n) is 2.95. The van der Waals surface area contributed by atoms with E-state index in [1.165, 1.54) is 0 Å². The van der Waals surface area contributed by atoms with Gasteiger partial charge in [0.05, 0.1) is 0 Å². The molecule has 1 atom stereocenters. The Bertz CT molecular complexity index is 398. The molecule has 1 saturated heterocycles. The SMILES string of the molecule is CCCc1nc(NN)cc(N2CCSC(C)C2)n1. The maximum Gasteiger partial charge on any atom is 0.145 e. The average molecular weight is 267 g/mol. The number of hydrazine groups is 1. The molecule has 100 valence electrons. The van der Waals surface area contributed by atoms with Gasteiger partial charge in [-0.2, -0.15) is 11.8 Å². The van der Waals surface area contributed by atoms with Crippen molar-refractivity contribution in [3.8, 4) is 0 Å². The van der Waals surface area contributed by atoms with Gasteiger partial charge >= 0.3 is 0 Å². The van der Waals surface area contributed by atoms with Crippen LogP contribution in [0, 0.1) is 0 Å². The zero-order valence-corrected chi connectivity index (χ0v) is 11.8. The molecule has 6 heteroatoms. The normalized spacial score (nSPS) is 19.9. The summed E-state index contributed by atoms with van der Waals surface area (Å²) in [6.07, 6.45) is 1.93. The van der Waals surface area contributed by atoms with E-state index >= 15 is 0 Å². The van der Waals surface area contributed by atoms with Crippen molar-refractivity contribution in [1.29, 1.82) is 0 Å². The Morgan fingerprint density at radius 3 is 3.06 bits per heavy atom. The van der Waals surface area contributed by atoms with E-state index in [1.807, 2.05) is 17.8 Å². The summed E-state index contributed by atoms with van der Waals surface area (Å²) in [6, 6.07) is 1.93.